The lowest BCUT2D eigenvalue weighted by Gasteiger charge is -2.20. The first-order valence-electron chi connectivity index (χ1n) is 5.67. The molecule has 2 aliphatic heterocycles. The average Bonchev–Trinajstić information content (AvgIpc) is 2.79. The molecule has 2 fully saturated rings. The Kier molecular flexibility index (Phi) is 2.13. The largest absolute Gasteiger partial charge is 0.373 e. The van der Waals surface area contributed by atoms with Crippen molar-refractivity contribution in [1.29, 1.82) is 0 Å². The van der Waals surface area contributed by atoms with Crippen LogP contribution in [0.15, 0.2) is 18.2 Å². The van der Waals surface area contributed by atoms with Gasteiger partial charge in [0.05, 0.1) is 18.2 Å². The highest BCUT2D eigenvalue weighted by Crippen LogP contribution is 2.35. The minimum atomic E-state index is 0.414. The molecular weight excluding hydrogens is 188 g/mol. The highest BCUT2D eigenvalue weighted by Gasteiger charge is 2.40. The van der Waals surface area contributed by atoms with Crippen LogP contribution in [-0.2, 0) is 4.74 Å². The third kappa shape index (κ3) is 1.72. The number of anilines is 1. The molecular formula is C12H16N2O. The van der Waals surface area contributed by atoms with Gasteiger partial charge in [0.2, 0.25) is 0 Å². The van der Waals surface area contributed by atoms with E-state index in [0.29, 0.717) is 18.2 Å². The fourth-order valence-corrected chi connectivity index (χ4v) is 2.60. The van der Waals surface area contributed by atoms with Crippen molar-refractivity contribution in [3.63, 3.8) is 0 Å². The molecule has 80 valence electrons. The summed E-state index contributed by atoms with van der Waals surface area (Å²) in [7, 11) is 0. The van der Waals surface area contributed by atoms with Gasteiger partial charge in [0, 0.05) is 5.69 Å². The van der Waals surface area contributed by atoms with Crippen LogP contribution in [0.5, 0.6) is 0 Å². The zero-order chi connectivity index (χ0) is 10.3. The number of hydrogen-bond acceptors (Lipinski definition) is 3. The van der Waals surface area contributed by atoms with Crippen LogP contribution < -0.4 is 5.32 Å². The van der Waals surface area contributed by atoms with Crippen LogP contribution in [0, 0.1) is 6.92 Å². The third-order valence-corrected chi connectivity index (χ3v) is 3.33. The molecule has 0 saturated carbocycles. The van der Waals surface area contributed by atoms with Crippen LogP contribution in [-0.4, -0.2) is 23.2 Å². The molecule has 0 aromatic carbocycles. The van der Waals surface area contributed by atoms with Crippen LogP contribution >= 0.6 is 0 Å². The van der Waals surface area contributed by atoms with E-state index in [9.17, 15) is 0 Å². The third-order valence-electron chi connectivity index (χ3n) is 3.33. The van der Waals surface area contributed by atoms with Gasteiger partial charge in [-0.15, -0.1) is 0 Å². The van der Waals surface area contributed by atoms with Crippen molar-refractivity contribution in [3.05, 3.63) is 23.9 Å². The quantitative estimate of drug-likeness (QED) is 0.801. The van der Waals surface area contributed by atoms with E-state index in [2.05, 4.69) is 10.3 Å². The normalized spacial score (nSPS) is 33.3. The van der Waals surface area contributed by atoms with Gasteiger partial charge in [-0.3, -0.25) is 0 Å². The van der Waals surface area contributed by atoms with Gasteiger partial charge in [0.1, 0.15) is 5.82 Å². The number of rotatable bonds is 2. The fourth-order valence-electron chi connectivity index (χ4n) is 2.60. The van der Waals surface area contributed by atoms with Crippen molar-refractivity contribution < 1.29 is 4.74 Å². The summed E-state index contributed by atoms with van der Waals surface area (Å²) in [5.41, 5.74) is 1.06. The van der Waals surface area contributed by atoms with Crippen LogP contribution in [0.2, 0.25) is 0 Å². The van der Waals surface area contributed by atoms with E-state index >= 15 is 0 Å². The summed E-state index contributed by atoms with van der Waals surface area (Å²) in [6.07, 6.45) is 4.49. The number of aromatic nitrogens is 1. The second-order valence-electron chi connectivity index (χ2n) is 4.52. The topological polar surface area (TPSA) is 34.1 Å². The second kappa shape index (κ2) is 3.49. The van der Waals surface area contributed by atoms with Crippen molar-refractivity contribution in [3.8, 4) is 0 Å². The molecule has 3 unspecified atom stereocenters. The molecule has 0 radical (unpaired) electrons. The highest BCUT2D eigenvalue weighted by atomic mass is 16.5. The van der Waals surface area contributed by atoms with Crippen molar-refractivity contribution in [1.82, 2.24) is 4.98 Å². The first kappa shape index (κ1) is 9.16. The van der Waals surface area contributed by atoms with Crippen molar-refractivity contribution in [2.24, 2.45) is 0 Å². The summed E-state index contributed by atoms with van der Waals surface area (Å²) in [6, 6.07) is 6.55. The second-order valence-corrected chi connectivity index (χ2v) is 4.52. The van der Waals surface area contributed by atoms with Crippen molar-refractivity contribution >= 4 is 5.82 Å². The van der Waals surface area contributed by atoms with Gasteiger partial charge in [-0.25, -0.2) is 4.98 Å². The Labute approximate surface area is 89.9 Å². The summed E-state index contributed by atoms with van der Waals surface area (Å²) in [5.74, 6) is 0.983. The van der Waals surface area contributed by atoms with Crippen LogP contribution in [0.25, 0.3) is 0 Å². The molecule has 2 bridgehead atoms. The van der Waals surface area contributed by atoms with E-state index in [-0.39, 0.29) is 0 Å². The maximum Gasteiger partial charge on any atom is 0.126 e. The first-order valence-corrected chi connectivity index (χ1v) is 5.67. The maximum atomic E-state index is 5.80. The van der Waals surface area contributed by atoms with Gasteiger partial charge in [0.25, 0.3) is 0 Å². The predicted octanol–water partition coefficient (Wildman–Crippen LogP) is 2.12. The molecule has 3 atom stereocenters. The van der Waals surface area contributed by atoms with Gasteiger partial charge >= 0.3 is 0 Å². The fraction of sp³-hybridized carbons (Fsp3) is 0.583. The molecule has 3 heteroatoms. The molecule has 2 aliphatic rings. The number of fused-ring (bicyclic) bond motifs is 2. The molecule has 3 rings (SSSR count). The van der Waals surface area contributed by atoms with E-state index in [1.54, 1.807) is 0 Å². The van der Waals surface area contributed by atoms with E-state index < -0.39 is 0 Å². The minimum Gasteiger partial charge on any atom is -0.373 e. The Bertz CT molecular complexity index is 366. The molecule has 1 aromatic heterocycles. The Balaban J connectivity index is 1.71. The predicted molar refractivity (Wildman–Crippen MR) is 58.9 cm³/mol. The number of hydrogen-bond donors (Lipinski definition) is 1. The molecule has 15 heavy (non-hydrogen) atoms. The van der Waals surface area contributed by atoms with E-state index in [1.807, 2.05) is 25.1 Å². The summed E-state index contributed by atoms with van der Waals surface area (Å²) in [6.45, 7) is 2.02. The lowest BCUT2D eigenvalue weighted by molar-refractivity contribution is 0.102. The van der Waals surface area contributed by atoms with Crippen molar-refractivity contribution in [2.45, 2.75) is 44.4 Å². The lowest BCUT2D eigenvalue weighted by atomic mass is 9.95. The summed E-state index contributed by atoms with van der Waals surface area (Å²) < 4.78 is 5.80. The maximum absolute atomic E-state index is 5.80. The van der Waals surface area contributed by atoms with Gasteiger partial charge in [-0.2, -0.15) is 0 Å². The molecule has 3 heterocycles. The molecule has 1 aromatic rings. The van der Waals surface area contributed by atoms with E-state index in [1.165, 1.54) is 12.8 Å². The van der Waals surface area contributed by atoms with Gasteiger partial charge < -0.3 is 10.1 Å². The van der Waals surface area contributed by atoms with Gasteiger partial charge in [-0.1, -0.05) is 6.07 Å². The van der Waals surface area contributed by atoms with Gasteiger partial charge in [-0.05, 0) is 38.3 Å². The number of pyridine rings is 1. The smallest absolute Gasteiger partial charge is 0.126 e. The molecule has 3 nitrogen and oxygen atoms in total. The first-order chi connectivity index (χ1) is 7.31. The zero-order valence-corrected chi connectivity index (χ0v) is 8.94. The Morgan fingerprint density at radius 2 is 2.33 bits per heavy atom. The number of nitrogens with zero attached hydrogens (tertiary/aromatic N) is 1. The Morgan fingerprint density at radius 3 is 3.00 bits per heavy atom. The monoisotopic (exact) mass is 204 g/mol. The van der Waals surface area contributed by atoms with Crippen LogP contribution in [0.3, 0.4) is 0 Å². The highest BCUT2D eigenvalue weighted by molar-refractivity contribution is 5.37. The number of ether oxygens (including phenoxy) is 1. The Hall–Kier alpha value is -1.09. The summed E-state index contributed by atoms with van der Waals surface area (Å²) >= 11 is 0. The molecule has 0 aliphatic carbocycles. The number of aryl methyl sites for hydroxylation is 1. The van der Waals surface area contributed by atoms with Gasteiger partial charge in [0.15, 0.2) is 0 Å². The van der Waals surface area contributed by atoms with Crippen LogP contribution in [0.1, 0.15) is 25.0 Å². The molecule has 1 N–H and O–H groups in total. The van der Waals surface area contributed by atoms with E-state index in [4.69, 9.17) is 4.74 Å². The molecule has 0 amide bonds. The molecule has 2 saturated heterocycles. The minimum absolute atomic E-state index is 0.414. The SMILES string of the molecule is Cc1cccc(NC2CC3CCC2O3)n1. The number of nitrogens with one attached hydrogen (secondary N) is 1. The molecule has 0 spiro atoms. The van der Waals surface area contributed by atoms with E-state index in [0.717, 1.165) is 17.9 Å². The Morgan fingerprint density at radius 1 is 1.40 bits per heavy atom. The van der Waals surface area contributed by atoms with Crippen molar-refractivity contribution in [2.75, 3.05) is 5.32 Å². The lowest BCUT2D eigenvalue weighted by Crippen LogP contribution is -2.30. The summed E-state index contributed by atoms with van der Waals surface area (Å²) in [5, 5.41) is 3.48. The standard InChI is InChI=1S/C12H16N2O/c1-8-3-2-4-12(13-8)14-10-7-9-5-6-11(10)15-9/h2-4,9-11H,5-7H2,1H3,(H,13,14). The zero-order valence-electron chi connectivity index (χ0n) is 8.94. The summed E-state index contributed by atoms with van der Waals surface area (Å²) in [4.78, 5) is 4.45. The average molecular weight is 204 g/mol. The van der Waals surface area contributed by atoms with Crippen LogP contribution in [0.4, 0.5) is 5.82 Å².